The maximum atomic E-state index is 13.1. The van der Waals surface area contributed by atoms with E-state index >= 15 is 0 Å². The summed E-state index contributed by atoms with van der Waals surface area (Å²) in [5.74, 6) is -0.521. The Bertz CT molecular complexity index is 867. The Balaban J connectivity index is 0.00000363. The summed E-state index contributed by atoms with van der Waals surface area (Å²) in [6.45, 7) is 4.38. The SMILES string of the molecule is CN=C(NCc1ccc(CN2CCCC2)cc1)NCC(Cc1ccc(F)cc1)C(N)=O.I. The fourth-order valence-corrected chi connectivity index (χ4v) is 3.77. The number of halogens is 2. The van der Waals surface area contributed by atoms with Crippen molar-refractivity contribution in [2.45, 2.75) is 32.4 Å². The zero-order valence-electron chi connectivity index (χ0n) is 18.5. The van der Waals surface area contributed by atoms with Gasteiger partial charge in [-0.15, -0.1) is 24.0 Å². The molecule has 1 aliphatic heterocycles. The number of hydrogen-bond acceptors (Lipinski definition) is 3. The summed E-state index contributed by atoms with van der Waals surface area (Å²) in [5, 5.41) is 6.44. The van der Waals surface area contributed by atoms with Crippen LogP contribution in [0, 0.1) is 11.7 Å². The van der Waals surface area contributed by atoms with Crippen molar-refractivity contribution in [3.8, 4) is 0 Å². The summed E-state index contributed by atoms with van der Waals surface area (Å²) in [6.07, 6.45) is 3.04. The van der Waals surface area contributed by atoms with E-state index < -0.39 is 11.8 Å². The molecular weight excluding hydrogens is 520 g/mol. The smallest absolute Gasteiger partial charge is 0.222 e. The van der Waals surface area contributed by atoms with E-state index in [9.17, 15) is 9.18 Å². The molecule has 174 valence electrons. The van der Waals surface area contributed by atoms with Gasteiger partial charge in [-0.1, -0.05) is 36.4 Å². The van der Waals surface area contributed by atoms with Gasteiger partial charge in [0.1, 0.15) is 5.82 Å². The van der Waals surface area contributed by atoms with Crippen molar-refractivity contribution in [3.05, 3.63) is 71.0 Å². The first kappa shape index (κ1) is 26.1. The number of likely N-dealkylation sites (tertiary alicyclic amines) is 1. The van der Waals surface area contributed by atoms with Gasteiger partial charge in [-0.25, -0.2) is 4.39 Å². The van der Waals surface area contributed by atoms with Crippen LogP contribution < -0.4 is 16.4 Å². The number of carbonyl (C=O) groups is 1. The lowest BCUT2D eigenvalue weighted by atomic mass is 9.98. The van der Waals surface area contributed by atoms with Crippen molar-refractivity contribution in [2.75, 3.05) is 26.7 Å². The predicted octanol–water partition coefficient (Wildman–Crippen LogP) is 3.05. The van der Waals surface area contributed by atoms with E-state index in [4.69, 9.17) is 5.73 Å². The van der Waals surface area contributed by atoms with Gasteiger partial charge in [0, 0.05) is 26.7 Å². The first-order chi connectivity index (χ1) is 15.0. The average molecular weight is 553 g/mol. The van der Waals surface area contributed by atoms with Crippen molar-refractivity contribution in [1.82, 2.24) is 15.5 Å². The van der Waals surface area contributed by atoms with Gasteiger partial charge in [-0.2, -0.15) is 0 Å². The number of primary amides is 1. The van der Waals surface area contributed by atoms with Crippen molar-refractivity contribution in [1.29, 1.82) is 0 Å². The average Bonchev–Trinajstić information content (AvgIpc) is 3.28. The molecule has 1 fully saturated rings. The van der Waals surface area contributed by atoms with Crippen molar-refractivity contribution in [3.63, 3.8) is 0 Å². The Labute approximate surface area is 206 Å². The van der Waals surface area contributed by atoms with Crippen LogP contribution in [0.25, 0.3) is 0 Å². The number of rotatable bonds is 9. The number of aliphatic imine (C=N–C) groups is 1. The second-order valence-corrected chi connectivity index (χ2v) is 8.04. The third-order valence-electron chi connectivity index (χ3n) is 5.63. The van der Waals surface area contributed by atoms with Gasteiger partial charge >= 0.3 is 0 Å². The fourth-order valence-electron chi connectivity index (χ4n) is 3.77. The molecule has 2 aromatic rings. The van der Waals surface area contributed by atoms with E-state index in [1.807, 2.05) is 0 Å². The normalized spacial score (nSPS) is 15.1. The first-order valence-electron chi connectivity index (χ1n) is 10.8. The molecule has 6 nitrogen and oxygen atoms in total. The molecule has 0 spiro atoms. The minimum Gasteiger partial charge on any atom is -0.369 e. The molecule has 1 amide bonds. The van der Waals surface area contributed by atoms with Gasteiger partial charge in [0.05, 0.1) is 5.92 Å². The Kier molecular flexibility index (Phi) is 10.9. The summed E-state index contributed by atoms with van der Waals surface area (Å²) >= 11 is 0. The molecule has 1 heterocycles. The molecule has 4 N–H and O–H groups in total. The highest BCUT2D eigenvalue weighted by Gasteiger charge is 2.17. The predicted molar refractivity (Wildman–Crippen MR) is 137 cm³/mol. The number of nitrogens with one attached hydrogen (secondary N) is 2. The number of carbonyl (C=O) groups excluding carboxylic acids is 1. The van der Waals surface area contributed by atoms with Crippen LogP contribution in [0.15, 0.2) is 53.5 Å². The van der Waals surface area contributed by atoms with Crippen LogP contribution in [-0.4, -0.2) is 43.4 Å². The highest BCUT2D eigenvalue weighted by atomic mass is 127. The number of hydrogen-bond donors (Lipinski definition) is 3. The summed E-state index contributed by atoms with van der Waals surface area (Å²) in [7, 11) is 1.69. The minimum absolute atomic E-state index is 0. The van der Waals surface area contributed by atoms with Gasteiger partial charge in [-0.05, 0) is 61.2 Å². The maximum Gasteiger partial charge on any atom is 0.222 e. The number of benzene rings is 2. The second-order valence-electron chi connectivity index (χ2n) is 8.04. The summed E-state index contributed by atoms with van der Waals surface area (Å²) in [6, 6.07) is 14.7. The van der Waals surface area contributed by atoms with Crippen LogP contribution in [-0.2, 0) is 24.3 Å². The molecular formula is C24H33FIN5O. The van der Waals surface area contributed by atoms with E-state index in [-0.39, 0.29) is 29.8 Å². The van der Waals surface area contributed by atoms with Gasteiger partial charge in [0.2, 0.25) is 5.91 Å². The lowest BCUT2D eigenvalue weighted by Crippen LogP contribution is -2.42. The number of guanidine groups is 1. The topological polar surface area (TPSA) is 82.8 Å². The molecule has 1 aliphatic rings. The minimum atomic E-state index is -0.422. The van der Waals surface area contributed by atoms with Crippen molar-refractivity contribution >= 4 is 35.8 Å². The van der Waals surface area contributed by atoms with E-state index in [1.165, 1.54) is 43.6 Å². The molecule has 8 heteroatoms. The first-order valence-corrected chi connectivity index (χ1v) is 10.8. The molecule has 0 aliphatic carbocycles. The molecule has 0 radical (unpaired) electrons. The second kappa shape index (κ2) is 13.4. The maximum absolute atomic E-state index is 13.1. The van der Waals surface area contributed by atoms with E-state index in [0.717, 1.165) is 17.7 Å². The van der Waals surface area contributed by atoms with Gasteiger partial charge in [0.15, 0.2) is 5.96 Å². The summed E-state index contributed by atoms with van der Waals surface area (Å²) in [4.78, 5) is 18.6. The van der Waals surface area contributed by atoms with Gasteiger partial charge in [0.25, 0.3) is 0 Å². The zero-order chi connectivity index (χ0) is 22.1. The highest BCUT2D eigenvalue weighted by molar-refractivity contribution is 14.0. The zero-order valence-corrected chi connectivity index (χ0v) is 20.8. The molecule has 0 bridgehead atoms. The molecule has 1 atom stereocenters. The lowest BCUT2D eigenvalue weighted by molar-refractivity contribution is -0.121. The Hall–Kier alpha value is -2.20. The molecule has 3 rings (SSSR count). The van der Waals surface area contributed by atoms with Crippen LogP contribution in [0.1, 0.15) is 29.5 Å². The summed E-state index contributed by atoms with van der Waals surface area (Å²) in [5.41, 5.74) is 8.92. The molecule has 0 aromatic heterocycles. The molecule has 2 aromatic carbocycles. The Morgan fingerprint density at radius 2 is 1.62 bits per heavy atom. The van der Waals surface area contributed by atoms with E-state index in [2.05, 4.69) is 44.8 Å². The monoisotopic (exact) mass is 553 g/mol. The standard InChI is InChI=1S/C24H32FN5O.HI/c1-27-24(29-16-21(23(26)31)14-18-8-10-22(25)11-9-18)28-15-19-4-6-20(7-5-19)17-30-12-2-3-13-30;/h4-11,21H,2-3,12-17H2,1H3,(H2,26,31)(H2,27,28,29);1H. The van der Waals surface area contributed by atoms with Crippen LogP contribution in [0.5, 0.6) is 0 Å². The van der Waals surface area contributed by atoms with E-state index in [0.29, 0.717) is 25.5 Å². The van der Waals surface area contributed by atoms with Gasteiger partial charge < -0.3 is 16.4 Å². The number of nitrogens with two attached hydrogens (primary N) is 1. The fraction of sp³-hybridized carbons (Fsp3) is 0.417. The third kappa shape index (κ3) is 8.38. The highest BCUT2D eigenvalue weighted by Crippen LogP contribution is 2.13. The molecule has 1 saturated heterocycles. The number of nitrogens with zero attached hydrogens (tertiary/aromatic N) is 2. The molecule has 32 heavy (non-hydrogen) atoms. The quantitative estimate of drug-likeness (QED) is 0.253. The molecule has 1 unspecified atom stereocenters. The Morgan fingerprint density at radius 1 is 1.03 bits per heavy atom. The Morgan fingerprint density at radius 3 is 2.22 bits per heavy atom. The van der Waals surface area contributed by atoms with E-state index in [1.54, 1.807) is 19.2 Å². The lowest BCUT2D eigenvalue weighted by Gasteiger charge is -2.18. The largest absolute Gasteiger partial charge is 0.369 e. The van der Waals surface area contributed by atoms with Gasteiger partial charge in [-0.3, -0.25) is 14.7 Å². The van der Waals surface area contributed by atoms with Crippen LogP contribution in [0.3, 0.4) is 0 Å². The summed E-state index contributed by atoms with van der Waals surface area (Å²) < 4.78 is 13.1. The van der Waals surface area contributed by atoms with Crippen LogP contribution in [0.2, 0.25) is 0 Å². The van der Waals surface area contributed by atoms with Crippen LogP contribution in [0.4, 0.5) is 4.39 Å². The number of amides is 1. The third-order valence-corrected chi connectivity index (χ3v) is 5.63. The van der Waals surface area contributed by atoms with Crippen molar-refractivity contribution < 1.29 is 9.18 Å². The van der Waals surface area contributed by atoms with Crippen LogP contribution >= 0.6 is 24.0 Å². The molecule has 0 saturated carbocycles. The van der Waals surface area contributed by atoms with Crippen molar-refractivity contribution in [2.24, 2.45) is 16.6 Å².